The summed E-state index contributed by atoms with van der Waals surface area (Å²) in [5.41, 5.74) is 1.10. The molecular formula is C20H20N4O2. The van der Waals surface area contributed by atoms with E-state index in [9.17, 15) is 9.59 Å². The third-order valence-corrected chi connectivity index (χ3v) is 4.20. The first-order valence-electron chi connectivity index (χ1n) is 8.19. The van der Waals surface area contributed by atoms with E-state index in [0.29, 0.717) is 5.69 Å². The first-order chi connectivity index (χ1) is 12.4. The van der Waals surface area contributed by atoms with Gasteiger partial charge in [-0.15, -0.1) is 6.58 Å². The van der Waals surface area contributed by atoms with Crippen LogP contribution in [-0.2, 0) is 5.41 Å². The normalized spacial score (nSPS) is 13.2. The van der Waals surface area contributed by atoms with Gasteiger partial charge in [-0.1, -0.05) is 50.3 Å². The van der Waals surface area contributed by atoms with E-state index in [1.165, 1.54) is 0 Å². The lowest BCUT2D eigenvalue weighted by Gasteiger charge is -2.18. The van der Waals surface area contributed by atoms with Gasteiger partial charge in [0.15, 0.2) is 0 Å². The quantitative estimate of drug-likeness (QED) is 0.612. The zero-order valence-electron chi connectivity index (χ0n) is 14.7. The molecule has 0 saturated heterocycles. The molecule has 2 heterocycles. The van der Waals surface area contributed by atoms with Crippen molar-refractivity contribution in [1.29, 1.82) is 0 Å². The maximum Gasteiger partial charge on any atom is 0.272 e. The Morgan fingerprint density at radius 3 is 2.23 bits per heavy atom. The molecule has 0 aliphatic rings. The predicted molar refractivity (Wildman–Crippen MR) is 102 cm³/mol. The number of rotatable bonds is 4. The zero-order valence-corrected chi connectivity index (χ0v) is 14.7. The smallest absolute Gasteiger partial charge is 0.272 e. The summed E-state index contributed by atoms with van der Waals surface area (Å²) in [5.74, 6) is 0. The van der Waals surface area contributed by atoms with Crippen molar-refractivity contribution in [3.05, 3.63) is 97.7 Å². The van der Waals surface area contributed by atoms with Gasteiger partial charge < -0.3 is 15.0 Å². The number of nitrogens with zero attached hydrogens (tertiary/aromatic N) is 1. The van der Waals surface area contributed by atoms with Gasteiger partial charge in [-0.05, 0) is 17.7 Å². The average Bonchev–Trinajstić information content (AvgIpc) is 3.09. The number of nitrogens with one attached hydrogen (secondary N) is 3. The van der Waals surface area contributed by atoms with Gasteiger partial charge in [0.2, 0.25) is 0 Å². The molecule has 0 amide bonds. The van der Waals surface area contributed by atoms with Crippen LogP contribution in [0.1, 0.15) is 30.8 Å². The summed E-state index contributed by atoms with van der Waals surface area (Å²) >= 11 is 0. The molecule has 26 heavy (non-hydrogen) atoms. The van der Waals surface area contributed by atoms with E-state index in [1.54, 1.807) is 24.6 Å². The van der Waals surface area contributed by atoms with Gasteiger partial charge in [0.25, 0.3) is 11.1 Å². The molecule has 3 N–H and O–H groups in total. The third-order valence-electron chi connectivity index (χ3n) is 4.20. The number of aromatic amines is 3. The molecule has 132 valence electrons. The van der Waals surface area contributed by atoms with Crippen molar-refractivity contribution >= 4 is 12.2 Å². The van der Waals surface area contributed by atoms with Crippen molar-refractivity contribution in [3.8, 4) is 0 Å². The third kappa shape index (κ3) is 3.49. The molecule has 0 aliphatic carbocycles. The standard InChI is InChI=1S/C20H20N4O2/c1-4-20(2,3)17-14(21-12-22-17)11-16-19(26)23-15(18(25)24-16)10-13-8-6-5-7-9-13/h4-12H,1H2,2-3H3,(H,21,22)(H,23,26)(H,24,25)/b15-10-,16-11-. The summed E-state index contributed by atoms with van der Waals surface area (Å²) in [6, 6.07) is 9.31. The Kier molecular flexibility index (Phi) is 4.58. The molecule has 0 aliphatic heterocycles. The molecule has 3 aromatic rings. The van der Waals surface area contributed by atoms with E-state index >= 15 is 0 Å². The maximum absolute atomic E-state index is 12.4. The van der Waals surface area contributed by atoms with Crippen LogP contribution in [0.25, 0.3) is 12.2 Å². The number of H-pyrrole nitrogens is 3. The molecule has 6 nitrogen and oxygen atoms in total. The van der Waals surface area contributed by atoms with Crippen molar-refractivity contribution in [1.82, 2.24) is 19.9 Å². The highest BCUT2D eigenvalue weighted by molar-refractivity contribution is 5.50. The molecule has 0 fully saturated rings. The Balaban J connectivity index is 2.14. The SMILES string of the molecule is C=CC(C)(C)c1[nH]cnc1/C=c1\[nH]c(=O)/c(=C/c2ccccc2)[nH]c1=O. The van der Waals surface area contributed by atoms with Crippen LogP contribution in [0, 0.1) is 0 Å². The molecule has 0 radical (unpaired) electrons. The summed E-state index contributed by atoms with van der Waals surface area (Å²) < 4.78 is 0. The van der Waals surface area contributed by atoms with Crippen LogP contribution in [-0.4, -0.2) is 19.9 Å². The Bertz CT molecular complexity index is 1160. The fourth-order valence-electron chi connectivity index (χ4n) is 2.58. The van der Waals surface area contributed by atoms with Gasteiger partial charge in [0.1, 0.15) is 10.7 Å². The van der Waals surface area contributed by atoms with Crippen molar-refractivity contribution in [2.24, 2.45) is 0 Å². The van der Waals surface area contributed by atoms with Crippen molar-refractivity contribution < 1.29 is 0 Å². The molecule has 0 unspecified atom stereocenters. The number of aromatic nitrogens is 4. The second-order valence-electron chi connectivity index (χ2n) is 6.52. The Hall–Kier alpha value is -3.41. The Labute approximate surface area is 149 Å². The number of allylic oxidation sites excluding steroid dienone is 1. The summed E-state index contributed by atoms with van der Waals surface area (Å²) in [6.45, 7) is 7.79. The fraction of sp³-hybridized carbons (Fsp3) is 0.150. The first-order valence-corrected chi connectivity index (χ1v) is 8.19. The lowest BCUT2D eigenvalue weighted by Crippen LogP contribution is -2.46. The minimum Gasteiger partial charge on any atom is -0.347 e. The molecule has 2 aromatic heterocycles. The highest BCUT2D eigenvalue weighted by Crippen LogP contribution is 2.24. The van der Waals surface area contributed by atoms with Crippen LogP contribution in [0.5, 0.6) is 0 Å². The van der Waals surface area contributed by atoms with E-state index in [0.717, 1.165) is 11.3 Å². The van der Waals surface area contributed by atoms with E-state index in [-0.39, 0.29) is 21.7 Å². The Morgan fingerprint density at radius 1 is 1.00 bits per heavy atom. The van der Waals surface area contributed by atoms with Crippen molar-refractivity contribution in [2.75, 3.05) is 0 Å². The van der Waals surface area contributed by atoms with E-state index in [4.69, 9.17) is 0 Å². The summed E-state index contributed by atoms with van der Waals surface area (Å²) in [4.78, 5) is 37.3. The fourth-order valence-corrected chi connectivity index (χ4v) is 2.58. The topological polar surface area (TPSA) is 94.4 Å². The summed E-state index contributed by atoms with van der Waals surface area (Å²) in [5, 5.41) is 0.348. The maximum atomic E-state index is 12.4. The highest BCUT2D eigenvalue weighted by Gasteiger charge is 2.21. The number of imidazole rings is 1. The average molecular weight is 348 g/mol. The summed E-state index contributed by atoms with van der Waals surface area (Å²) in [7, 11) is 0. The minimum atomic E-state index is -0.392. The van der Waals surface area contributed by atoms with Crippen LogP contribution in [0.3, 0.4) is 0 Å². The molecule has 6 heteroatoms. The molecule has 0 spiro atoms. The second-order valence-corrected chi connectivity index (χ2v) is 6.52. The minimum absolute atomic E-state index is 0.147. The van der Waals surface area contributed by atoms with Gasteiger partial charge in [-0.3, -0.25) is 9.59 Å². The number of benzene rings is 1. The van der Waals surface area contributed by atoms with Crippen LogP contribution in [0.4, 0.5) is 0 Å². The number of hydrogen-bond acceptors (Lipinski definition) is 3. The Morgan fingerprint density at radius 2 is 1.62 bits per heavy atom. The van der Waals surface area contributed by atoms with E-state index < -0.39 is 5.56 Å². The monoisotopic (exact) mass is 348 g/mol. The van der Waals surface area contributed by atoms with Crippen molar-refractivity contribution in [2.45, 2.75) is 19.3 Å². The van der Waals surface area contributed by atoms with Gasteiger partial charge in [-0.25, -0.2) is 4.98 Å². The van der Waals surface area contributed by atoms with Crippen LogP contribution < -0.4 is 21.8 Å². The molecule has 0 saturated carbocycles. The predicted octanol–water partition coefficient (Wildman–Crippen LogP) is 0.907. The van der Waals surface area contributed by atoms with Gasteiger partial charge in [-0.2, -0.15) is 0 Å². The van der Waals surface area contributed by atoms with Gasteiger partial charge in [0, 0.05) is 5.41 Å². The van der Waals surface area contributed by atoms with Crippen LogP contribution >= 0.6 is 0 Å². The van der Waals surface area contributed by atoms with Crippen LogP contribution in [0.2, 0.25) is 0 Å². The molecule has 0 bridgehead atoms. The van der Waals surface area contributed by atoms with Crippen molar-refractivity contribution in [3.63, 3.8) is 0 Å². The lowest BCUT2D eigenvalue weighted by molar-refractivity contribution is 0.648. The first kappa shape index (κ1) is 17.4. The van der Waals surface area contributed by atoms with Crippen LogP contribution in [0.15, 0.2) is 58.9 Å². The molecule has 1 aromatic carbocycles. The lowest BCUT2D eigenvalue weighted by atomic mass is 9.88. The van der Waals surface area contributed by atoms with Gasteiger partial charge >= 0.3 is 0 Å². The van der Waals surface area contributed by atoms with Gasteiger partial charge in [0.05, 0.1) is 17.7 Å². The largest absolute Gasteiger partial charge is 0.347 e. The molecule has 0 atom stereocenters. The van der Waals surface area contributed by atoms with E-state index in [2.05, 4.69) is 26.5 Å². The second kappa shape index (κ2) is 6.84. The number of hydrogen-bond donors (Lipinski definition) is 3. The van der Waals surface area contributed by atoms with E-state index in [1.807, 2.05) is 44.2 Å². The highest BCUT2D eigenvalue weighted by atomic mass is 16.1. The zero-order chi connectivity index (χ0) is 18.7. The molecule has 3 rings (SSSR count). The summed E-state index contributed by atoms with van der Waals surface area (Å²) in [6.07, 6.45) is 6.54. The molecular weight excluding hydrogens is 328 g/mol.